The minimum atomic E-state index is -0.749. The smallest absolute Gasteiger partial charge is 0.304 e. The van der Waals surface area contributed by atoms with E-state index in [9.17, 15) is 4.79 Å². The number of hydrogen-bond acceptors (Lipinski definition) is 3. The predicted octanol–water partition coefficient (Wildman–Crippen LogP) is 1.82. The second-order valence-corrected chi connectivity index (χ2v) is 4.87. The van der Waals surface area contributed by atoms with Gasteiger partial charge in [-0.25, -0.2) is 4.98 Å². The van der Waals surface area contributed by atoms with Crippen molar-refractivity contribution in [2.24, 2.45) is 0 Å². The highest BCUT2D eigenvalue weighted by Gasteiger charge is 2.04. The minimum Gasteiger partial charge on any atom is -0.481 e. The first-order valence-corrected chi connectivity index (χ1v) is 6.40. The van der Waals surface area contributed by atoms with E-state index < -0.39 is 5.97 Å². The number of benzene rings is 1. The number of H-pyrrole nitrogens is 1. The summed E-state index contributed by atoms with van der Waals surface area (Å²) in [7, 11) is 1.95. The highest BCUT2D eigenvalue weighted by molar-refractivity contribution is 5.75. The lowest BCUT2D eigenvalue weighted by atomic mass is 10.1. The van der Waals surface area contributed by atoms with Gasteiger partial charge in [-0.05, 0) is 38.1 Å². The van der Waals surface area contributed by atoms with Gasteiger partial charge < -0.3 is 15.0 Å². The van der Waals surface area contributed by atoms with Crippen molar-refractivity contribution in [3.05, 3.63) is 29.6 Å². The number of nitrogens with one attached hydrogen (secondary N) is 1. The Bertz CT molecular complexity index is 577. The van der Waals surface area contributed by atoms with Gasteiger partial charge in [0.15, 0.2) is 0 Å². The van der Waals surface area contributed by atoms with Gasteiger partial charge >= 0.3 is 5.97 Å². The van der Waals surface area contributed by atoms with Crippen LogP contribution in [-0.4, -0.2) is 46.1 Å². The zero-order valence-electron chi connectivity index (χ0n) is 11.3. The summed E-state index contributed by atoms with van der Waals surface area (Å²) in [6.45, 7) is 3.38. The molecule has 19 heavy (non-hydrogen) atoms. The molecule has 5 heteroatoms. The number of carboxylic acids is 1. The maximum absolute atomic E-state index is 10.5. The Morgan fingerprint density at radius 2 is 2.21 bits per heavy atom. The first-order chi connectivity index (χ1) is 9.04. The van der Waals surface area contributed by atoms with Crippen molar-refractivity contribution < 1.29 is 9.90 Å². The van der Waals surface area contributed by atoms with E-state index in [0.29, 0.717) is 6.54 Å². The Hall–Kier alpha value is -1.88. The Kier molecular flexibility index (Phi) is 4.16. The molecule has 2 N–H and O–H groups in total. The van der Waals surface area contributed by atoms with E-state index in [1.165, 1.54) is 5.56 Å². The molecule has 1 aromatic carbocycles. The number of hydrogen-bond donors (Lipinski definition) is 2. The van der Waals surface area contributed by atoms with Crippen LogP contribution in [0, 0.1) is 6.92 Å². The fourth-order valence-corrected chi connectivity index (χ4v) is 2.06. The maximum Gasteiger partial charge on any atom is 0.304 e. The molecule has 0 saturated heterocycles. The van der Waals surface area contributed by atoms with E-state index >= 15 is 0 Å². The van der Waals surface area contributed by atoms with Crippen LogP contribution in [0.5, 0.6) is 0 Å². The van der Waals surface area contributed by atoms with Crippen molar-refractivity contribution in [2.45, 2.75) is 19.8 Å². The van der Waals surface area contributed by atoms with Crippen molar-refractivity contribution in [3.63, 3.8) is 0 Å². The van der Waals surface area contributed by atoms with Crippen molar-refractivity contribution in [3.8, 4) is 0 Å². The van der Waals surface area contributed by atoms with Crippen molar-refractivity contribution in [1.82, 2.24) is 14.9 Å². The van der Waals surface area contributed by atoms with Gasteiger partial charge in [0, 0.05) is 13.1 Å². The minimum absolute atomic E-state index is 0.190. The number of aryl methyl sites for hydroxylation is 1. The number of carboxylic acid groups (broad SMARTS) is 1. The molecule has 0 bridgehead atoms. The van der Waals surface area contributed by atoms with E-state index in [1.807, 2.05) is 24.9 Å². The van der Waals surface area contributed by atoms with Crippen LogP contribution in [0.3, 0.4) is 0 Å². The number of likely N-dealkylation sites (N-methyl/N-ethyl adjacent to an activating group) is 1. The normalized spacial score (nSPS) is 11.3. The molecule has 0 spiro atoms. The highest BCUT2D eigenvalue weighted by atomic mass is 16.4. The zero-order valence-corrected chi connectivity index (χ0v) is 11.3. The lowest BCUT2D eigenvalue weighted by Gasteiger charge is -2.15. The first kappa shape index (κ1) is 13.5. The lowest BCUT2D eigenvalue weighted by Crippen LogP contribution is -2.24. The summed E-state index contributed by atoms with van der Waals surface area (Å²) < 4.78 is 0. The van der Waals surface area contributed by atoms with Gasteiger partial charge in [0.2, 0.25) is 0 Å². The van der Waals surface area contributed by atoms with E-state index in [4.69, 9.17) is 5.11 Å². The second-order valence-electron chi connectivity index (χ2n) is 4.87. The van der Waals surface area contributed by atoms with Crippen molar-refractivity contribution >= 4 is 17.0 Å². The van der Waals surface area contributed by atoms with Crippen LogP contribution in [0.1, 0.15) is 17.8 Å². The number of fused-ring (bicyclic) bond motifs is 1. The molecule has 2 rings (SSSR count). The van der Waals surface area contributed by atoms with Crippen LogP contribution in [0.2, 0.25) is 0 Å². The van der Waals surface area contributed by atoms with Crippen LogP contribution in [-0.2, 0) is 11.2 Å². The molecular weight excluding hydrogens is 242 g/mol. The summed E-state index contributed by atoms with van der Waals surface area (Å²) in [5.74, 6) is 0.173. The summed E-state index contributed by atoms with van der Waals surface area (Å²) in [4.78, 5) is 20.1. The van der Waals surface area contributed by atoms with Crippen LogP contribution < -0.4 is 0 Å². The van der Waals surface area contributed by atoms with Gasteiger partial charge in [-0.3, -0.25) is 4.79 Å². The fraction of sp³-hybridized carbons (Fsp3) is 0.429. The Balaban J connectivity index is 1.92. The van der Waals surface area contributed by atoms with Gasteiger partial charge in [0.25, 0.3) is 0 Å². The quantitative estimate of drug-likeness (QED) is 0.832. The van der Waals surface area contributed by atoms with E-state index in [1.54, 1.807) is 0 Å². The van der Waals surface area contributed by atoms with E-state index in [2.05, 4.69) is 22.1 Å². The summed E-state index contributed by atoms with van der Waals surface area (Å²) in [5.41, 5.74) is 3.28. The van der Waals surface area contributed by atoms with Crippen LogP contribution >= 0.6 is 0 Å². The molecule has 0 unspecified atom stereocenters. The third-order valence-corrected chi connectivity index (χ3v) is 3.15. The summed E-state index contributed by atoms with van der Waals surface area (Å²) in [6, 6.07) is 6.21. The monoisotopic (exact) mass is 261 g/mol. The molecule has 0 aliphatic carbocycles. The van der Waals surface area contributed by atoms with E-state index in [0.717, 1.165) is 29.8 Å². The van der Waals surface area contributed by atoms with Gasteiger partial charge in [-0.1, -0.05) is 6.07 Å². The number of aromatic nitrogens is 2. The van der Waals surface area contributed by atoms with Gasteiger partial charge in [-0.2, -0.15) is 0 Å². The number of nitrogens with zero attached hydrogens (tertiary/aromatic N) is 2. The highest BCUT2D eigenvalue weighted by Crippen LogP contribution is 2.14. The molecule has 5 nitrogen and oxygen atoms in total. The molecule has 0 radical (unpaired) electrons. The lowest BCUT2D eigenvalue weighted by molar-refractivity contribution is -0.137. The first-order valence-electron chi connectivity index (χ1n) is 6.40. The molecule has 1 heterocycles. The molecule has 1 aromatic heterocycles. The largest absolute Gasteiger partial charge is 0.481 e. The third kappa shape index (κ3) is 3.79. The summed E-state index contributed by atoms with van der Waals surface area (Å²) in [6.07, 6.45) is 1.10. The maximum atomic E-state index is 10.5. The van der Waals surface area contributed by atoms with Gasteiger partial charge in [-0.15, -0.1) is 0 Å². The zero-order chi connectivity index (χ0) is 13.8. The number of imidazole rings is 1. The topological polar surface area (TPSA) is 69.2 Å². The SMILES string of the molecule is Cc1nc2ccc(CCN(C)CCC(=O)O)cc2[nH]1. The molecule has 0 fully saturated rings. The fourth-order valence-electron chi connectivity index (χ4n) is 2.06. The molecule has 102 valence electrons. The molecule has 0 atom stereocenters. The standard InChI is InChI=1S/C14H19N3O2/c1-10-15-12-4-3-11(9-13(12)16-10)5-7-17(2)8-6-14(18)19/h3-4,9H,5-8H2,1-2H3,(H,15,16)(H,18,19). The molecule has 2 aromatic rings. The molecule has 0 amide bonds. The summed E-state index contributed by atoms with van der Waals surface area (Å²) >= 11 is 0. The van der Waals surface area contributed by atoms with Crippen LogP contribution in [0.25, 0.3) is 11.0 Å². The second kappa shape index (κ2) is 5.84. The van der Waals surface area contributed by atoms with Gasteiger partial charge in [0.1, 0.15) is 5.82 Å². The van der Waals surface area contributed by atoms with Gasteiger partial charge in [0.05, 0.1) is 17.5 Å². The predicted molar refractivity (Wildman–Crippen MR) is 74.3 cm³/mol. The third-order valence-electron chi connectivity index (χ3n) is 3.15. The van der Waals surface area contributed by atoms with Crippen molar-refractivity contribution in [2.75, 3.05) is 20.1 Å². The molecule has 0 saturated carbocycles. The number of aliphatic carboxylic acids is 1. The number of carbonyl (C=O) groups is 1. The van der Waals surface area contributed by atoms with E-state index in [-0.39, 0.29) is 6.42 Å². The molecule has 0 aliphatic rings. The molecule has 0 aliphatic heterocycles. The van der Waals surface area contributed by atoms with Crippen molar-refractivity contribution in [1.29, 1.82) is 0 Å². The molecular formula is C14H19N3O2. The van der Waals surface area contributed by atoms with Crippen LogP contribution in [0.15, 0.2) is 18.2 Å². The average Bonchev–Trinajstić information content (AvgIpc) is 2.73. The Morgan fingerprint density at radius 1 is 1.42 bits per heavy atom. The Labute approximate surface area is 112 Å². The summed E-state index contributed by atoms with van der Waals surface area (Å²) in [5, 5.41) is 8.63. The number of aromatic amines is 1. The number of rotatable bonds is 6. The average molecular weight is 261 g/mol. The van der Waals surface area contributed by atoms with Crippen LogP contribution in [0.4, 0.5) is 0 Å². The Morgan fingerprint density at radius 3 is 2.95 bits per heavy atom.